The lowest BCUT2D eigenvalue weighted by Gasteiger charge is -2.20. The lowest BCUT2D eigenvalue weighted by molar-refractivity contribution is -0.141. The van der Waals surface area contributed by atoms with E-state index in [1.807, 2.05) is 31.2 Å². The Labute approximate surface area is 112 Å². The van der Waals surface area contributed by atoms with Crippen LogP contribution in [-0.4, -0.2) is 17.0 Å². The van der Waals surface area contributed by atoms with E-state index in [1.54, 1.807) is 6.08 Å². The molecule has 1 unspecified atom stereocenters. The van der Waals surface area contributed by atoms with Crippen molar-refractivity contribution in [2.24, 2.45) is 5.92 Å². The van der Waals surface area contributed by atoms with Crippen LogP contribution in [0.2, 0.25) is 0 Å². The Bertz CT molecular complexity index is 517. The van der Waals surface area contributed by atoms with Crippen LogP contribution in [0.15, 0.2) is 35.9 Å². The second-order valence-electron chi connectivity index (χ2n) is 4.80. The molecule has 0 heterocycles. The molecule has 0 spiro atoms. The molecule has 2 N–H and O–H groups in total. The van der Waals surface area contributed by atoms with E-state index >= 15 is 0 Å². The number of carbonyl (C=O) groups is 2. The average Bonchev–Trinajstić information content (AvgIpc) is 2.41. The van der Waals surface area contributed by atoms with E-state index in [9.17, 15) is 9.59 Å². The molecule has 0 bridgehead atoms. The van der Waals surface area contributed by atoms with Crippen molar-refractivity contribution in [2.75, 3.05) is 5.32 Å². The van der Waals surface area contributed by atoms with Crippen molar-refractivity contribution in [3.05, 3.63) is 41.5 Å². The molecule has 1 aliphatic carbocycles. The molecule has 1 aromatic carbocycles. The summed E-state index contributed by atoms with van der Waals surface area (Å²) in [5.74, 6) is -1.92. The van der Waals surface area contributed by atoms with Gasteiger partial charge in [-0.2, -0.15) is 0 Å². The van der Waals surface area contributed by atoms with Crippen molar-refractivity contribution in [3.63, 3.8) is 0 Å². The number of hydrogen-bond donors (Lipinski definition) is 2. The van der Waals surface area contributed by atoms with Gasteiger partial charge in [0, 0.05) is 11.3 Å². The van der Waals surface area contributed by atoms with Crippen LogP contribution in [0.25, 0.3) is 0 Å². The number of allylic oxidation sites excluding steroid dienone is 1. The van der Waals surface area contributed by atoms with Crippen LogP contribution in [0, 0.1) is 12.8 Å². The summed E-state index contributed by atoms with van der Waals surface area (Å²) in [7, 11) is 0. The van der Waals surface area contributed by atoms with E-state index in [1.165, 1.54) is 0 Å². The fraction of sp³-hybridized carbons (Fsp3) is 0.333. The number of aliphatic carboxylic acids is 1. The molecule has 1 atom stereocenters. The Hall–Kier alpha value is -2.10. The number of benzene rings is 1. The summed E-state index contributed by atoms with van der Waals surface area (Å²) in [5.41, 5.74) is 2.17. The Morgan fingerprint density at radius 2 is 1.95 bits per heavy atom. The van der Waals surface area contributed by atoms with Crippen LogP contribution < -0.4 is 5.32 Å². The topological polar surface area (TPSA) is 66.4 Å². The van der Waals surface area contributed by atoms with Gasteiger partial charge in [-0.1, -0.05) is 23.8 Å². The molecule has 0 saturated heterocycles. The molecular weight excluding hydrogens is 242 g/mol. The Morgan fingerprint density at radius 1 is 1.26 bits per heavy atom. The number of aryl methyl sites for hydroxylation is 1. The highest BCUT2D eigenvalue weighted by molar-refractivity contribution is 6.07. The second kappa shape index (κ2) is 5.69. The standard InChI is InChI=1S/C15H17NO3/c1-10-6-8-11(9-7-10)16-14(17)12-4-2-3-5-13(12)15(18)19/h4,6-9,13H,2-3,5H2,1H3,(H,16,17)(H,18,19). The summed E-state index contributed by atoms with van der Waals surface area (Å²) in [6.07, 6.45) is 3.85. The van der Waals surface area contributed by atoms with Crippen LogP contribution in [0.3, 0.4) is 0 Å². The number of carbonyl (C=O) groups excluding carboxylic acids is 1. The third-order valence-corrected chi connectivity index (χ3v) is 3.31. The van der Waals surface area contributed by atoms with Crippen molar-refractivity contribution in [1.82, 2.24) is 0 Å². The average molecular weight is 259 g/mol. The summed E-state index contributed by atoms with van der Waals surface area (Å²) in [5, 5.41) is 11.9. The zero-order chi connectivity index (χ0) is 13.8. The van der Waals surface area contributed by atoms with E-state index in [0.29, 0.717) is 17.7 Å². The van der Waals surface area contributed by atoms with E-state index in [4.69, 9.17) is 5.11 Å². The summed E-state index contributed by atoms with van der Waals surface area (Å²) in [4.78, 5) is 23.3. The normalized spacial score (nSPS) is 18.6. The van der Waals surface area contributed by atoms with Crippen LogP contribution in [-0.2, 0) is 9.59 Å². The zero-order valence-corrected chi connectivity index (χ0v) is 10.8. The fourth-order valence-electron chi connectivity index (χ4n) is 2.22. The molecular formula is C15H17NO3. The number of rotatable bonds is 3. The van der Waals surface area contributed by atoms with Crippen LogP contribution in [0.4, 0.5) is 5.69 Å². The van der Waals surface area contributed by atoms with Crippen molar-refractivity contribution < 1.29 is 14.7 Å². The highest BCUT2D eigenvalue weighted by Gasteiger charge is 2.29. The number of nitrogens with one attached hydrogen (secondary N) is 1. The van der Waals surface area contributed by atoms with Gasteiger partial charge in [-0.15, -0.1) is 0 Å². The number of amides is 1. The highest BCUT2D eigenvalue weighted by Crippen LogP contribution is 2.26. The predicted molar refractivity (Wildman–Crippen MR) is 72.9 cm³/mol. The molecule has 1 amide bonds. The molecule has 4 heteroatoms. The first-order chi connectivity index (χ1) is 9.08. The molecule has 0 aliphatic heterocycles. The highest BCUT2D eigenvalue weighted by atomic mass is 16.4. The Balaban J connectivity index is 2.12. The summed E-state index contributed by atoms with van der Waals surface area (Å²) in [6.45, 7) is 1.97. The first-order valence-corrected chi connectivity index (χ1v) is 6.39. The van der Waals surface area contributed by atoms with Gasteiger partial charge in [-0.25, -0.2) is 0 Å². The first-order valence-electron chi connectivity index (χ1n) is 6.39. The largest absolute Gasteiger partial charge is 0.481 e. The van der Waals surface area contributed by atoms with Gasteiger partial charge in [0.05, 0.1) is 5.92 Å². The second-order valence-corrected chi connectivity index (χ2v) is 4.80. The summed E-state index contributed by atoms with van der Waals surface area (Å²) < 4.78 is 0. The lowest BCUT2D eigenvalue weighted by Crippen LogP contribution is -2.27. The Morgan fingerprint density at radius 3 is 2.58 bits per heavy atom. The molecule has 0 radical (unpaired) electrons. The molecule has 0 fully saturated rings. The predicted octanol–water partition coefficient (Wildman–Crippen LogP) is 2.74. The smallest absolute Gasteiger partial charge is 0.311 e. The van der Waals surface area contributed by atoms with E-state index in [-0.39, 0.29) is 5.91 Å². The quantitative estimate of drug-likeness (QED) is 0.877. The number of anilines is 1. The van der Waals surface area contributed by atoms with Gasteiger partial charge in [-0.05, 0) is 38.3 Å². The molecule has 4 nitrogen and oxygen atoms in total. The molecule has 100 valence electrons. The van der Waals surface area contributed by atoms with Gasteiger partial charge in [0.2, 0.25) is 0 Å². The molecule has 1 aromatic rings. The van der Waals surface area contributed by atoms with Crippen molar-refractivity contribution in [2.45, 2.75) is 26.2 Å². The van der Waals surface area contributed by atoms with Gasteiger partial charge in [0.25, 0.3) is 5.91 Å². The van der Waals surface area contributed by atoms with Gasteiger partial charge in [0.1, 0.15) is 0 Å². The summed E-state index contributed by atoms with van der Waals surface area (Å²) >= 11 is 0. The van der Waals surface area contributed by atoms with Crippen LogP contribution in [0.1, 0.15) is 24.8 Å². The third-order valence-electron chi connectivity index (χ3n) is 3.31. The fourth-order valence-corrected chi connectivity index (χ4v) is 2.22. The minimum absolute atomic E-state index is 0.309. The summed E-state index contributed by atoms with van der Waals surface area (Å²) in [6, 6.07) is 7.43. The maximum Gasteiger partial charge on any atom is 0.311 e. The SMILES string of the molecule is Cc1ccc(NC(=O)C2=CCCCC2C(=O)O)cc1. The van der Waals surface area contributed by atoms with Crippen LogP contribution >= 0.6 is 0 Å². The van der Waals surface area contributed by atoms with Gasteiger partial charge < -0.3 is 10.4 Å². The van der Waals surface area contributed by atoms with Crippen LogP contribution in [0.5, 0.6) is 0 Å². The van der Waals surface area contributed by atoms with Crippen molar-refractivity contribution >= 4 is 17.6 Å². The number of carboxylic acid groups (broad SMARTS) is 1. The monoisotopic (exact) mass is 259 g/mol. The van der Waals surface area contributed by atoms with Gasteiger partial charge >= 0.3 is 5.97 Å². The minimum Gasteiger partial charge on any atom is -0.481 e. The Kier molecular flexibility index (Phi) is 4.00. The van der Waals surface area contributed by atoms with Crippen molar-refractivity contribution in [1.29, 1.82) is 0 Å². The first kappa shape index (κ1) is 13.3. The molecule has 1 aliphatic rings. The van der Waals surface area contributed by atoms with E-state index < -0.39 is 11.9 Å². The number of carboxylic acids is 1. The third kappa shape index (κ3) is 3.22. The number of hydrogen-bond acceptors (Lipinski definition) is 2. The molecule has 0 aromatic heterocycles. The van der Waals surface area contributed by atoms with Gasteiger partial charge in [0.15, 0.2) is 0 Å². The minimum atomic E-state index is -0.926. The molecule has 19 heavy (non-hydrogen) atoms. The van der Waals surface area contributed by atoms with E-state index in [0.717, 1.165) is 18.4 Å². The van der Waals surface area contributed by atoms with E-state index in [2.05, 4.69) is 5.32 Å². The maximum atomic E-state index is 12.1. The molecule has 2 rings (SSSR count). The van der Waals surface area contributed by atoms with Crippen molar-refractivity contribution in [3.8, 4) is 0 Å². The molecule has 0 saturated carbocycles. The lowest BCUT2D eigenvalue weighted by atomic mass is 9.87. The zero-order valence-electron chi connectivity index (χ0n) is 10.8. The maximum absolute atomic E-state index is 12.1. The van der Waals surface area contributed by atoms with Gasteiger partial charge in [-0.3, -0.25) is 9.59 Å².